The Morgan fingerprint density at radius 1 is 1.12 bits per heavy atom. The van der Waals surface area contributed by atoms with E-state index in [1.807, 2.05) is 31.2 Å². The van der Waals surface area contributed by atoms with Gasteiger partial charge >= 0.3 is 0 Å². The molecule has 0 aromatic heterocycles. The number of hydrogen-bond acceptors (Lipinski definition) is 3. The number of rotatable bonds is 3. The largest absolute Gasteiger partial charge is 0.495 e. The number of benzene rings is 2. The van der Waals surface area contributed by atoms with Gasteiger partial charge in [-0.15, -0.1) is 0 Å². The van der Waals surface area contributed by atoms with E-state index in [-0.39, 0.29) is 11.5 Å². The van der Waals surface area contributed by atoms with E-state index in [9.17, 15) is 9.59 Å². The molecule has 5 nitrogen and oxygen atoms in total. The van der Waals surface area contributed by atoms with Crippen LogP contribution < -0.4 is 15.2 Å². The molecule has 0 bridgehead atoms. The maximum absolute atomic E-state index is 12.7. The highest BCUT2D eigenvalue weighted by molar-refractivity contribution is 14.1. The molecule has 3 rings (SSSR count). The van der Waals surface area contributed by atoms with Crippen LogP contribution in [0.2, 0.25) is 0 Å². The van der Waals surface area contributed by atoms with Gasteiger partial charge in [0.2, 0.25) is 0 Å². The molecule has 0 aliphatic carbocycles. The van der Waals surface area contributed by atoms with E-state index < -0.39 is 5.91 Å². The van der Waals surface area contributed by atoms with Crippen molar-refractivity contribution < 1.29 is 14.3 Å². The van der Waals surface area contributed by atoms with E-state index >= 15 is 0 Å². The molecule has 2 aromatic carbocycles. The number of amides is 2. The average molecular weight is 560 g/mol. The molecule has 0 saturated carbocycles. The summed E-state index contributed by atoms with van der Waals surface area (Å²) in [4.78, 5) is 25.0. The van der Waals surface area contributed by atoms with Crippen LogP contribution in [-0.2, 0) is 9.59 Å². The van der Waals surface area contributed by atoms with Crippen LogP contribution in [-0.4, -0.2) is 18.9 Å². The van der Waals surface area contributed by atoms with Gasteiger partial charge in [-0.1, -0.05) is 17.7 Å². The number of nitrogens with zero attached hydrogens (tertiary/aromatic N) is 1. The van der Waals surface area contributed by atoms with Gasteiger partial charge in [-0.2, -0.15) is 0 Å². The third kappa shape index (κ3) is 3.66. The van der Waals surface area contributed by atoms with Gasteiger partial charge in [0.1, 0.15) is 11.3 Å². The van der Waals surface area contributed by atoms with Gasteiger partial charge in [0.25, 0.3) is 11.8 Å². The molecule has 2 amide bonds. The number of hydrogen-bond donors (Lipinski definition) is 1. The third-order valence-corrected chi connectivity index (χ3v) is 5.15. The van der Waals surface area contributed by atoms with Crippen molar-refractivity contribution in [1.29, 1.82) is 0 Å². The summed E-state index contributed by atoms with van der Waals surface area (Å²) in [5.74, 6) is -0.172. The van der Waals surface area contributed by atoms with Crippen LogP contribution >= 0.6 is 45.2 Å². The monoisotopic (exact) mass is 560 g/mol. The number of aryl methyl sites for hydroxylation is 1. The fourth-order valence-electron chi connectivity index (χ4n) is 2.49. The van der Waals surface area contributed by atoms with Crippen molar-refractivity contribution in [2.24, 2.45) is 0 Å². The number of ether oxygens (including phenoxy) is 1. The molecular formula is C18H14I2N2O3. The third-order valence-electron chi connectivity index (χ3n) is 3.72. The van der Waals surface area contributed by atoms with Gasteiger partial charge in [0.05, 0.1) is 16.4 Å². The van der Waals surface area contributed by atoms with Gasteiger partial charge in [0.15, 0.2) is 0 Å². The Kier molecular flexibility index (Phi) is 5.32. The molecule has 2 aromatic rings. The minimum Gasteiger partial charge on any atom is -0.495 e. The zero-order valence-electron chi connectivity index (χ0n) is 13.5. The molecule has 1 aliphatic rings. The summed E-state index contributed by atoms with van der Waals surface area (Å²) in [5.41, 5.74) is 5.09. The standard InChI is InChI=1S/C18H14I2N2O3/c1-10-3-5-13(6-4-10)22-18(24)14(17(23)21-22)8-11-7-12(19)9-15(20)16(11)25-2/h3-9H,1-2H3,(H,21,23)/b14-8+. The van der Waals surface area contributed by atoms with Gasteiger partial charge in [0, 0.05) is 9.13 Å². The van der Waals surface area contributed by atoms with Crippen LogP contribution in [0, 0.1) is 14.1 Å². The Morgan fingerprint density at radius 3 is 2.44 bits per heavy atom. The number of carbonyl (C=O) groups is 2. The molecule has 128 valence electrons. The predicted molar refractivity (Wildman–Crippen MR) is 113 cm³/mol. The Balaban J connectivity index is 2.01. The molecule has 0 atom stereocenters. The summed E-state index contributed by atoms with van der Waals surface area (Å²) in [5, 5.41) is 1.26. The highest BCUT2D eigenvalue weighted by Gasteiger charge is 2.34. The SMILES string of the molecule is COc1c(I)cc(I)cc1/C=C1\C(=O)NN(c2ccc(C)cc2)C1=O. The van der Waals surface area contributed by atoms with Crippen LogP contribution in [0.5, 0.6) is 5.75 Å². The summed E-state index contributed by atoms with van der Waals surface area (Å²) < 4.78 is 7.34. The van der Waals surface area contributed by atoms with Crippen LogP contribution in [0.1, 0.15) is 11.1 Å². The Bertz CT molecular complexity index is 892. The first kappa shape index (κ1) is 18.2. The summed E-state index contributed by atoms with van der Waals surface area (Å²) in [6, 6.07) is 11.2. The number of carbonyl (C=O) groups excluding carboxylic acids is 2. The van der Waals surface area contributed by atoms with E-state index in [0.29, 0.717) is 17.0 Å². The van der Waals surface area contributed by atoms with Crippen LogP contribution in [0.3, 0.4) is 0 Å². The minimum atomic E-state index is -0.429. The number of nitrogens with one attached hydrogen (secondary N) is 1. The number of anilines is 1. The highest BCUT2D eigenvalue weighted by Crippen LogP contribution is 2.31. The second-order valence-electron chi connectivity index (χ2n) is 5.49. The van der Waals surface area contributed by atoms with Gasteiger partial charge in [-0.05, 0) is 82.4 Å². The second kappa shape index (κ2) is 7.32. The summed E-state index contributed by atoms with van der Waals surface area (Å²) >= 11 is 4.36. The first-order chi connectivity index (χ1) is 11.9. The molecule has 25 heavy (non-hydrogen) atoms. The Labute approximate surface area is 172 Å². The van der Waals surface area contributed by atoms with Crippen LogP contribution in [0.4, 0.5) is 5.69 Å². The van der Waals surface area contributed by atoms with Crippen molar-refractivity contribution in [2.45, 2.75) is 6.92 Å². The summed E-state index contributed by atoms with van der Waals surface area (Å²) in [7, 11) is 1.57. The zero-order chi connectivity index (χ0) is 18.1. The van der Waals surface area contributed by atoms with Crippen molar-refractivity contribution in [1.82, 2.24) is 5.43 Å². The average Bonchev–Trinajstić information content (AvgIpc) is 2.83. The molecule has 0 spiro atoms. The lowest BCUT2D eigenvalue weighted by atomic mass is 10.1. The first-order valence-corrected chi connectivity index (χ1v) is 9.53. The second-order valence-corrected chi connectivity index (χ2v) is 7.89. The molecule has 1 N–H and O–H groups in total. The molecule has 0 unspecified atom stereocenters. The fraction of sp³-hybridized carbons (Fsp3) is 0.111. The number of methoxy groups -OCH3 is 1. The maximum Gasteiger partial charge on any atom is 0.282 e. The lowest BCUT2D eigenvalue weighted by molar-refractivity contribution is -0.117. The van der Waals surface area contributed by atoms with Crippen molar-refractivity contribution in [3.8, 4) is 5.75 Å². The molecule has 1 fully saturated rings. The Morgan fingerprint density at radius 2 is 1.80 bits per heavy atom. The van der Waals surface area contributed by atoms with Crippen LogP contribution in [0.15, 0.2) is 42.0 Å². The zero-order valence-corrected chi connectivity index (χ0v) is 17.8. The van der Waals surface area contributed by atoms with Crippen molar-refractivity contribution in [3.05, 3.63) is 60.2 Å². The van der Waals surface area contributed by atoms with E-state index in [4.69, 9.17) is 4.74 Å². The van der Waals surface area contributed by atoms with E-state index in [2.05, 4.69) is 50.6 Å². The molecule has 0 radical (unpaired) electrons. The smallest absolute Gasteiger partial charge is 0.282 e. The van der Waals surface area contributed by atoms with Gasteiger partial charge in [-0.3, -0.25) is 15.0 Å². The summed E-state index contributed by atoms with van der Waals surface area (Å²) in [6.07, 6.45) is 1.58. The molecule has 1 aliphatic heterocycles. The van der Waals surface area contributed by atoms with Crippen molar-refractivity contribution in [3.63, 3.8) is 0 Å². The van der Waals surface area contributed by atoms with E-state index in [1.165, 1.54) is 5.01 Å². The normalized spacial score (nSPS) is 15.7. The first-order valence-electron chi connectivity index (χ1n) is 7.37. The lowest BCUT2D eigenvalue weighted by Gasteiger charge is -2.14. The fourth-order valence-corrected chi connectivity index (χ4v) is 4.60. The van der Waals surface area contributed by atoms with Crippen LogP contribution in [0.25, 0.3) is 6.08 Å². The predicted octanol–water partition coefficient (Wildman–Crippen LogP) is 3.67. The number of halogens is 2. The van der Waals surface area contributed by atoms with E-state index in [1.54, 1.807) is 25.3 Å². The minimum absolute atomic E-state index is 0.0803. The van der Waals surface area contributed by atoms with Gasteiger partial charge in [-0.25, -0.2) is 5.01 Å². The van der Waals surface area contributed by atoms with Crippen molar-refractivity contribution >= 4 is 68.8 Å². The molecule has 1 heterocycles. The number of hydrazine groups is 1. The lowest BCUT2D eigenvalue weighted by Crippen LogP contribution is -2.35. The highest BCUT2D eigenvalue weighted by atomic mass is 127. The molecule has 7 heteroatoms. The molecule has 1 saturated heterocycles. The van der Waals surface area contributed by atoms with E-state index in [0.717, 1.165) is 12.7 Å². The topological polar surface area (TPSA) is 58.6 Å². The summed E-state index contributed by atoms with van der Waals surface area (Å²) in [6.45, 7) is 1.96. The maximum atomic E-state index is 12.7. The Hall–Kier alpha value is -1.62. The quantitative estimate of drug-likeness (QED) is 0.355. The van der Waals surface area contributed by atoms with Gasteiger partial charge < -0.3 is 4.74 Å². The molecular weight excluding hydrogens is 546 g/mol. The van der Waals surface area contributed by atoms with Crippen molar-refractivity contribution in [2.75, 3.05) is 12.1 Å².